The summed E-state index contributed by atoms with van der Waals surface area (Å²) in [6, 6.07) is 10.6. The highest BCUT2D eigenvalue weighted by atomic mass is 79.9. The first-order valence-electron chi connectivity index (χ1n) is 9.61. The molecule has 2 aromatic rings. The minimum Gasteiger partial charge on any atom is -0.494 e. The zero-order valence-corrected chi connectivity index (χ0v) is 17.2. The Bertz CT molecular complexity index is 639. The van der Waals surface area contributed by atoms with Crippen LogP contribution in [0.25, 0.3) is 10.8 Å². The Morgan fingerprint density at radius 2 is 1.60 bits per heavy atom. The summed E-state index contributed by atoms with van der Waals surface area (Å²) in [7, 11) is 0. The van der Waals surface area contributed by atoms with Crippen LogP contribution in [0.5, 0.6) is 11.5 Å². The number of rotatable bonds is 12. The Morgan fingerprint density at radius 1 is 0.840 bits per heavy atom. The lowest BCUT2D eigenvalue weighted by molar-refractivity contribution is 0.303. The molecule has 3 heteroatoms. The molecule has 0 aliphatic heterocycles. The highest BCUT2D eigenvalue weighted by molar-refractivity contribution is 9.09. The summed E-state index contributed by atoms with van der Waals surface area (Å²) in [6.45, 7) is 5.97. The molecule has 0 N–H and O–H groups in total. The predicted molar refractivity (Wildman–Crippen MR) is 111 cm³/mol. The van der Waals surface area contributed by atoms with Gasteiger partial charge >= 0.3 is 0 Å². The van der Waals surface area contributed by atoms with E-state index in [1.807, 2.05) is 0 Å². The monoisotopic (exact) mass is 406 g/mol. The summed E-state index contributed by atoms with van der Waals surface area (Å²) in [5, 5.41) is 3.54. The van der Waals surface area contributed by atoms with Crippen LogP contribution < -0.4 is 9.47 Å². The van der Waals surface area contributed by atoms with E-state index >= 15 is 0 Å². The lowest BCUT2D eigenvalue weighted by atomic mass is 10.0. The first-order chi connectivity index (χ1) is 12.3. The van der Waals surface area contributed by atoms with Gasteiger partial charge in [-0.15, -0.1) is 0 Å². The van der Waals surface area contributed by atoms with Gasteiger partial charge in [0.05, 0.1) is 13.2 Å². The average Bonchev–Trinajstić information content (AvgIpc) is 2.63. The van der Waals surface area contributed by atoms with E-state index in [4.69, 9.17) is 9.47 Å². The van der Waals surface area contributed by atoms with Gasteiger partial charge in [0.25, 0.3) is 0 Å². The van der Waals surface area contributed by atoms with Crippen LogP contribution in [0.1, 0.15) is 57.4 Å². The number of hydrogen-bond donors (Lipinski definition) is 0. The molecular weight excluding hydrogens is 376 g/mol. The molecule has 0 fully saturated rings. The molecule has 0 atom stereocenters. The van der Waals surface area contributed by atoms with E-state index in [1.54, 1.807) is 0 Å². The molecule has 0 aliphatic rings. The minimum absolute atomic E-state index is 0.788. The smallest absolute Gasteiger partial charge is 0.122 e. The third-order valence-corrected chi connectivity index (χ3v) is 5.07. The van der Waals surface area contributed by atoms with Gasteiger partial charge in [-0.25, -0.2) is 0 Å². The minimum atomic E-state index is 0.788. The molecule has 2 nitrogen and oxygen atoms in total. The standard InChI is InChI=1S/C22H31BrO2/c1-3-4-5-8-16-25-22-13-10-19-17-20(11-12-21(19)18(22)2)24-15-9-6-7-14-23/h10-13,17H,3-9,14-16H2,1-2H3. The summed E-state index contributed by atoms with van der Waals surface area (Å²) in [4.78, 5) is 0. The van der Waals surface area contributed by atoms with Crippen molar-refractivity contribution in [3.8, 4) is 11.5 Å². The molecule has 138 valence electrons. The van der Waals surface area contributed by atoms with Gasteiger partial charge in [-0.05, 0) is 67.1 Å². The first kappa shape index (κ1) is 20.1. The van der Waals surface area contributed by atoms with Crippen molar-refractivity contribution in [3.63, 3.8) is 0 Å². The zero-order valence-electron chi connectivity index (χ0n) is 15.7. The number of fused-ring (bicyclic) bond motifs is 1. The molecule has 0 bridgehead atoms. The molecule has 0 aromatic heterocycles. The molecular formula is C22H31BrO2. The lowest BCUT2D eigenvalue weighted by Crippen LogP contribution is -2.00. The summed E-state index contributed by atoms with van der Waals surface area (Å²) in [6.07, 6.45) is 8.45. The van der Waals surface area contributed by atoms with Crippen LogP contribution in [0.15, 0.2) is 30.3 Å². The number of alkyl halides is 1. The lowest BCUT2D eigenvalue weighted by Gasteiger charge is -2.13. The number of benzene rings is 2. The van der Waals surface area contributed by atoms with Gasteiger partial charge in [-0.3, -0.25) is 0 Å². The van der Waals surface area contributed by atoms with Crippen molar-refractivity contribution in [2.75, 3.05) is 18.5 Å². The van der Waals surface area contributed by atoms with Crippen LogP contribution in [0.2, 0.25) is 0 Å². The highest BCUT2D eigenvalue weighted by Crippen LogP contribution is 2.30. The summed E-state index contributed by atoms with van der Waals surface area (Å²) in [5.74, 6) is 1.96. The van der Waals surface area contributed by atoms with Gasteiger partial charge in [-0.1, -0.05) is 54.2 Å². The predicted octanol–water partition coefficient (Wildman–Crippen LogP) is 7.05. The summed E-state index contributed by atoms with van der Waals surface area (Å²) in [5.41, 5.74) is 1.22. The van der Waals surface area contributed by atoms with Gasteiger partial charge in [-0.2, -0.15) is 0 Å². The Kier molecular flexibility index (Phi) is 9.17. The Labute approximate surface area is 161 Å². The van der Waals surface area contributed by atoms with Crippen molar-refractivity contribution in [3.05, 3.63) is 35.9 Å². The number of aryl methyl sites for hydroxylation is 1. The van der Waals surface area contributed by atoms with E-state index < -0.39 is 0 Å². The second-order valence-corrected chi connectivity index (χ2v) is 7.37. The molecule has 0 unspecified atom stereocenters. The second-order valence-electron chi connectivity index (χ2n) is 6.58. The van der Waals surface area contributed by atoms with Crippen LogP contribution in [0, 0.1) is 6.92 Å². The summed E-state index contributed by atoms with van der Waals surface area (Å²) < 4.78 is 11.9. The van der Waals surface area contributed by atoms with Crippen molar-refractivity contribution in [1.82, 2.24) is 0 Å². The van der Waals surface area contributed by atoms with Crippen molar-refractivity contribution < 1.29 is 9.47 Å². The fourth-order valence-corrected chi connectivity index (χ4v) is 3.36. The average molecular weight is 407 g/mol. The van der Waals surface area contributed by atoms with Crippen LogP contribution >= 0.6 is 15.9 Å². The van der Waals surface area contributed by atoms with Crippen molar-refractivity contribution >= 4 is 26.7 Å². The quantitative estimate of drug-likeness (QED) is 0.277. The Morgan fingerprint density at radius 3 is 2.36 bits per heavy atom. The number of unbranched alkanes of at least 4 members (excludes halogenated alkanes) is 5. The largest absolute Gasteiger partial charge is 0.494 e. The van der Waals surface area contributed by atoms with Crippen LogP contribution in [-0.4, -0.2) is 18.5 Å². The van der Waals surface area contributed by atoms with Crippen molar-refractivity contribution in [1.29, 1.82) is 0 Å². The maximum absolute atomic E-state index is 5.99. The van der Waals surface area contributed by atoms with Crippen LogP contribution in [0.3, 0.4) is 0 Å². The maximum Gasteiger partial charge on any atom is 0.122 e. The van der Waals surface area contributed by atoms with E-state index in [1.165, 1.54) is 48.4 Å². The van der Waals surface area contributed by atoms with Crippen LogP contribution in [-0.2, 0) is 0 Å². The van der Waals surface area contributed by atoms with Crippen molar-refractivity contribution in [2.24, 2.45) is 0 Å². The first-order valence-corrected chi connectivity index (χ1v) is 10.7. The Balaban J connectivity index is 1.93. The highest BCUT2D eigenvalue weighted by Gasteiger charge is 2.06. The van der Waals surface area contributed by atoms with Gasteiger partial charge in [0.15, 0.2) is 0 Å². The summed E-state index contributed by atoms with van der Waals surface area (Å²) >= 11 is 3.46. The molecule has 0 saturated heterocycles. The SMILES string of the molecule is CCCCCCOc1ccc2cc(OCCCCCBr)ccc2c1C. The van der Waals surface area contributed by atoms with Gasteiger partial charge in [0.1, 0.15) is 11.5 Å². The van der Waals surface area contributed by atoms with Crippen molar-refractivity contribution in [2.45, 2.75) is 58.8 Å². The molecule has 0 radical (unpaired) electrons. The molecule has 0 saturated carbocycles. The molecule has 0 amide bonds. The second kappa shape index (κ2) is 11.4. The third kappa shape index (κ3) is 6.54. The van der Waals surface area contributed by atoms with E-state index in [-0.39, 0.29) is 0 Å². The fourth-order valence-electron chi connectivity index (χ4n) is 2.96. The molecule has 0 heterocycles. The maximum atomic E-state index is 5.99. The fraction of sp³-hybridized carbons (Fsp3) is 0.545. The Hall–Kier alpha value is -1.22. The molecule has 0 aliphatic carbocycles. The van der Waals surface area contributed by atoms with Gasteiger partial charge in [0.2, 0.25) is 0 Å². The molecule has 0 spiro atoms. The van der Waals surface area contributed by atoms with E-state index in [0.717, 1.165) is 42.9 Å². The molecule has 25 heavy (non-hydrogen) atoms. The zero-order chi connectivity index (χ0) is 17.9. The number of hydrogen-bond acceptors (Lipinski definition) is 2. The normalized spacial score (nSPS) is 11.0. The van der Waals surface area contributed by atoms with E-state index in [0.29, 0.717) is 0 Å². The van der Waals surface area contributed by atoms with Crippen LogP contribution in [0.4, 0.5) is 0 Å². The number of ether oxygens (including phenoxy) is 2. The topological polar surface area (TPSA) is 18.5 Å². The van der Waals surface area contributed by atoms with E-state index in [9.17, 15) is 0 Å². The van der Waals surface area contributed by atoms with E-state index in [2.05, 4.69) is 60.1 Å². The molecule has 2 aromatic carbocycles. The third-order valence-electron chi connectivity index (χ3n) is 4.51. The molecule has 2 rings (SSSR count). The number of halogens is 1. The van der Waals surface area contributed by atoms with Gasteiger partial charge in [0, 0.05) is 5.33 Å². The van der Waals surface area contributed by atoms with Gasteiger partial charge < -0.3 is 9.47 Å².